The molecular weight excluding hydrogens is 221 g/mol. The van der Waals surface area contributed by atoms with E-state index in [0.29, 0.717) is 0 Å². The van der Waals surface area contributed by atoms with Gasteiger partial charge in [0, 0.05) is 5.56 Å². The number of hydrogen-bond donors (Lipinski definition) is 2. The molecule has 0 aliphatic carbocycles. The Kier molecular flexibility index (Phi) is 2.32. The topological polar surface area (TPSA) is 67.5 Å². The number of nitrogens with two attached hydrogens (primary N) is 1. The zero-order chi connectivity index (χ0) is 11.0. The highest BCUT2D eigenvalue weighted by Crippen LogP contribution is 2.25. The molecular formula is C9H7ClFN3O. The summed E-state index contributed by atoms with van der Waals surface area (Å²) in [6.45, 7) is 0. The second-order valence-electron chi connectivity index (χ2n) is 3.06. The molecule has 15 heavy (non-hydrogen) atoms. The largest absolute Gasteiger partial charge is 0.385 e. The second-order valence-corrected chi connectivity index (χ2v) is 3.47. The molecule has 0 fully saturated rings. The molecule has 1 heterocycles. The molecule has 1 unspecified atom stereocenters. The molecule has 2 amide bonds. The van der Waals surface area contributed by atoms with Crippen molar-refractivity contribution in [3.8, 4) is 0 Å². The first kappa shape index (κ1) is 9.92. The van der Waals surface area contributed by atoms with E-state index in [1.807, 2.05) is 0 Å². The Bertz CT molecular complexity index is 461. The van der Waals surface area contributed by atoms with Gasteiger partial charge in [-0.25, -0.2) is 9.18 Å². The molecule has 0 saturated carbocycles. The number of benzene rings is 1. The first-order valence-electron chi connectivity index (χ1n) is 4.18. The molecule has 1 aromatic rings. The van der Waals surface area contributed by atoms with E-state index < -0.39 is 17.9 Å². The van der Waals surface area contributed by atoms with E-state index in [9.17, 15) is 9.18 Å². The lowest BCUT2D eigenvalue weighted by Crippen LogP contribution is -2.28. The summed E-state index contributed by atoms with van der Waals surface area (Å²) < 4.78 is 13.6. The highest BCUT2D eigenvalue weighted by atomic mass is 35.5. The maximum Gasteiger partial charge on any atom is 0.343 e. The van der Waals surface area contributed by atoms with Gasteiger partial charge in [0.25, 0.3) is 0 Å². The van der Waals surface area contributed by atoms with Crippen LogP contribution in [0, 0.1) is 5.82 Å². The van der Waals surface area contributed by atoms with Crippen LogP contribution in [-0.4, -0.2) is 11.9 Å². The van der Waals surface area contributed by atoms with Crippen LogP contribution in [0.1, 0.15) is 11.6 Å². The average molecular weight is 228 g/mol. The Morgan fingerprint density at radius 1 is 1.53 bits per heavy atom. The summed E-state index contributed by atoms with van der Waals surface area (Å²) in [6, 6.07) is 3.20. The lowest BCUT2D eigenvalue weighted by molar-refractivity contribution is 0.250. The van der Waals surface area contributed by atoms with E-state index in [2.05, 4.69) is 10.3 Å². The molecule has 0 radical (unpaired) electrons. The Hall–Kier alpha value is -1.62. The van der Waals surface area contributed by atoms with Crippen LogP contribution in [0.25, 0.3) is 0 Å². The highest BCUT2D eigenvalue weighted by Gasteiger charge is 2.27. The summed E-state index contributed by atoms with van der Waals surface area (Å²) in [5.74, 6) is -0.550. The van der Waals surface area contributed by atoms with E-state index >= 15 is 0 Å². The molecule has 1 aromatic carbocycles. The number of amides is 2. The number of carbonyl (C=O) groups is 1. The smallest absolute Gasteiger partial charge is 0.343 e. The lowest BCUT2D eigenvalue weighted by atomic mass is 10.1. The number of hydrogen-bond acceptors (Lipinski definition) is 2. The minimum atomic E-state index is -0.726. The van der Waals surface area contributed by atoms with Gasteiger partial charge in [0.1, 0.15) is 17.7 Å². The van der Waals surface area contributed by atoms with Crippen LogP contribution in [0.3, 0.4) is 0 Å². The number of nitrogens with one attached hydrogen (secondary N) is 1. The van der Waals surface area contributed by atoms with Gasteiger partial charge in [-0.3, -0.25) is 0 Å². The number of rotatable bonds is 1. The first-order chi connectivity index (χ1) is 7.09. The minimum absolute atomic E-state index is 0.0125. The van der Waals surface area contributed by atoms with Crippen molar-refractivity contribution >= 4 is 23.5 Å². The number of halogens is 2. The molecule has 3 N–H and O–H groups in total. The van der Waals surface area contributed by atoms with E-state index in [-0.39, 0.29) is 16.4 Å². The van der Waals surface area contributed by atoms with Crippen LogP contribution in [-0.2, 0) is 0 Å². The van der Waals surface area contributed by atoms with Crippen LogP contribution in [0.4, 0.5) is 9.18 Å². The van der Waals surface area contributed by atoms with Crippen LogP contribution in [0.15, 0.2) is 23.2 Å². The summed E-state index contributed by atoms with van der Waals surface area (Å²) in [6.07, 6.45) is 0. The van der Waals surface area contributed by atoms with Crippen molar-refractivity contribution in [2.24, 2.45) is 10.7 Å². The molecule has 0 spiro atoms. The van der Waals surface area contributed by atoms with Crippen LogP contribution >= 0.6 is 11.6 Å². The van der Waals surface area contributed by atoms with Crippen molar-refractivity contribution in [3.63, 3.8) is 0 Å². The minimum Gasteiger partial charge on any atom is -0.385 e. The van der Waals surface area contributed by atoms with Gasteiger partial charge in [0.15, 0.2) is 0 Å². The van der Waals surface area contributed by atoms with Crippen molar-refractivity contribution in [1.82, 2.24) is 5.32 Å². The normalized spacial score (nSPS) is 20.0. The third-order valence-corrected chi connectivity index (χ3v) is 2.38. The van der Waals surface area contributed by atoms with Gasteiger partial charge in [-0.2, -0.15) is 4.99 Å². The van der Waals surface area contributed by atoms with Crippen LogP contribution in [0.5, 0.6) is 0 Å². The fourth-order valence-electron chi connectivity index (χ4n) is 1.39. The van der Waals surface area contributed by atoms with Crippen molar-refractivity contribution in [2.45, 2.75) is 6.04 Å². The molecule has 2 rings (SSSR count). The van der Waals surface area contributed by atoms with Crippen molar-refractivity contribution in [1.29, 1.82) is 0 Å². The molecule has 78 valence electrons. The predicted octanol–water partition coefficient (Wildman–Crippen LogP) is 1.60. The van der Waals surface area contributed by atoms with Gasteiger partial charge in [-0.15, -0.1) is 0 Å². The lowest BCUT2D eigenvalue weighted by Gasteiger charge is -2.12. The van der Waals surface area contributed by atoms with E-state index in [0.717, 1.165) is 0 Å². The standard InChI is InChI=1S/C9H7ClFN3O/c10-5-3-1-2-4(6(5)11)7-8(12)14-9(15)13-7/h1-3,7H,(H3,12,13,14,15). The van der Waals surface area contributed by atoms with Crippen molar-refractivity contribution in [2.75, 3.05) is 0 Å². The Morgan fingerprint density at radius 3 is 2.87 bits per heavy atom. The van der Waals surface area contributed by atoms with Gasteiger partial charge in [-0.05, 0) is 6.07 Å². The molecule has 1 aliphatic heterocycles. The van der Waals surface area contributed by atoms with Crippen molar-refractivity contribution < 1.29 is 9.18 Å². The van der Waals surface area contributed by atoms with Crippen molar-refractivity contribution in [3.05, 3.63) is 34.6 Å². The molecule has 4 nitrogen and oxygen atoms in total. The molecule has 1 aliphatic rings. The monoisotopic (exact) mass is 227 g/mol. The number of nitrogens with zero attached hydrogens (tertiary/aromatic N) is 1. The number of aliphatic imine (C=N–C) groups is 1. The Labute approximate surface area is 89.9 Å². The SMILES string of the molecule is NC1=NC(=O)NC1c1cccc(Cl)c1F. The van der Waals surface area contributed by atoms with E-state index in [1.54, 1.807) is 6.07 Å². The average Bonchev–Trinajstić information content (AvgIpc) is 2.50. The molecule has 0 aromatic heterocycles. The quantitative estimate of drug-likeness (QED) is 0.765. The van der Waals surface area contributed by atoms with Gasteiger partial charge < -0.3 is 11.1 Å². The van der Waals surface area contributed by atoms with Crippen LogP contribution < -0.4 is 11.1 Å². The maximum atomic E-state index is 13.6. The fourth-order valence-corrected chi connectivity index (χ4v) is 1.57. The third kappa shape index (κ3) is 1.66. The summed E-state index contributed by atoms with van der Waals surface area (Å²) >= 11 is 5.61. The second kappa shape index (κ2) is 3.51. The molecule has 0 bridgehead atoms. The molecule has 1 atom stereocenters. The third-order valence-electron chi connectivity index (χ3n) is 2.09. The maximum absolute atomic E-state index is 13.6. The zero-order valence-electron chi connectivity index (χ0n) is 7.50. The Morgan fingerprint density at radius 2 is 2.27 bits per heavy atom. The highest BCUT2D eigenvalue weighted by molar-refractivity contribution is 6.30. The predicted molar refractivity (Wildman–Crippen MR) is 54.3 cm³/mol. The number of urea groups is 1. The summed E-state index contributed by atoms with van der Waals surface area (Å²) in [4.78, 5) is 14.4. The number of carbonyl (C=O) groups excluding carboxylic acids is 1. The summed E-state index contributed by atoms with van der Waals surface area (Å²) in [5, 5.41) is 2.41. The first-order valence-corrected chi connectivity index (χ1v) is 4.56. The van der Waals surface area contributed by atoms with Gasteiger partial charge in [0.2, 0.25) is 0 Å². The van der Waals surface area contributed by atoms with Crippen LogP contribution in [0.2, 0.25) is 5.02 Å². The molecule has 6 heteroatoms. The fraction of sp³-hybridized carbons (Fsp3) is 0.111. The van der Waals surface area contributed by atoms with Gasteiger partial charge in [-0.1, -0.05) is 23.7 Å². The number of amidine groups is 1. The van der Waals surface area contributed by atoms with Gasteiger partial charge >= 0.3 is 6.03 Å². The summed E-state index contributed by atoms with van der Waals surface area (Å²) in [5.41, 5.74) is 5.69. The zero-order valence-corrected chi connectivity index (χ0v) is 8.25. The van der Waals surface area contributed by atoms with Gasteiger partial charge in [0.05, 0.1) is 5.02 Å². The molecule has 0 saturated heterocycles. The van der Waals surface area contributed by atoms with E-state index in [4.69, 9.17) is 17.3 Å². The van der Waals surface area contributed by atoms with E-state index in [1.165, 1.54) is 12.1 Å². The summed E-state index contributed by atoms with van der Waals surface area (Å²) in [7, 11) is 0. The Balaban J connectivity index is 2.43.